The van der Waals surface area contributed by atoms with Gasteiger partial charge in [0.1, 0.15) is 5.82 Å². The molecule has 1 unspecified atom stereocenters. The third-order valence-corrected chi connectivity index (χ3v) is 5.16. The summed E-state index contributed by atoms with van der Waals surface area (Å²) in [7, 11) is 0. The van der Waals surface area contributed by atoms with Crippen LogP contribution >= 0.6 is 0 Å². The van der Waals surface area contributed by atoms with Crippen LogP contribution in [0, 0.1) is 5.82 Å². The van der Waals surface area contributed by atoms with Crippen molar-refractivity contribution in [3.8, 4) is 11.1 Å². The molecule has 3 aromatic carbocycles. The summed E-state index contributed by atoms with van der Waals surface area (Å²) in [6, 6.07) is 20.1. The highest BCUT2D eigenvalue weighted by molar-refractivity contribution is 6.18. The van der Waals surface area contributed by atoms with Gasteiger partial charge < -0.3 is 0 Å². The maximum absolute atomic E-state index is 13.6. The van der Waals surface area contributed by atoms with E-state index in [-0.39, 0.29) is 5.91 Å². The van der Waals surface area contributed by atoms with Crippen molar-refractivity contribution in [1.82, 2.24) is 0 Å². The molecule has 9 nitrogen and oxygen atoms in total. The zero-order valence-corrected chi connectivity index (χ0v) is 17.4. The smallest absolute Gasteiger partial charge is 0.269 e. The van der Waals surface area contributed by atoms with Crippen LogP contribution in [0.2, 0.25) is 0 Å². The first kappa shape index (κ1) is 20.4. The molecule has 0 bridgehead atoms. The van der Waals surface area contributed by atoms with Crippen molar-refractivity contribution in [2.75, 3.05) is 5.01 Å². The first-order valence-electron chi connectivity index (χ1n) is 10.1. The number of benzene rings is 3. The monoisotopic (exact) mass is 440 g/mol. The minimum Gasteiger partial charge on any atom is -0.269 e. The lowest BCUT2D eigenvalue weighted by Gasteiger charge is -2.12. The highest BCUT2D eigenvalue weighted by atomic mass is 19.1. The topological polar surface area (TPSA) is 107 Å². The zero-order chi connectivity index (χ0) is 22.8. The summed E-state index contributed by atoms with van der Waals surface area (Å²) in [5, 5.41) is 28.9. The quantitative estimate of drug-likeness (QED) is 0.433. The molecule has 5 rings (SSSR count). The van der Waals surface area contributed by atoms with Crippen molar-refractivity contribution in [3.63, 3.8) is 0 Å². The number of azo groups is 1. The summed E-state index contributed by atoms with van der Waals surface area (Å²) in [6.45, 7) is 1.69. The van der Waals surface area contributed by atoms with E-state index in [0.717, 1.165) is 21.7 Å². The highest BCUT2D eigenvalue weighted by Gasteiger charge is 2.34. The molecule has 1 amide bonds. The summed E-state index contributed by atoms with van der Waals surface area (Å²) in [6.07, 6.45) is -0.426. The number of hydrogen-bond acceptors (Lipinski definition) is 8. The van der Waals surface area contributed by atoms with Gasteiger partial charge in [0.25, 0.3) is 5.91 Å². The molecule has 3 aromatic rings. The number of rotatable bonds is 5. The van der Waals surface area contributed by atoms with Gasteiger partial charge >= 0.3 is 0 Å². The first-order valence-corrected chi connectivity index (χ1v) is 10.1. The number of anilines is 1. The van der Waals surface area contributed by atoms with Gasteiger partial charge in [-0.15, -0.1) is 10.2 Å². The van der Waals surface area contributed by atoms with Gasteiger partial charge in [0.2, 0.25) is 6.17 Å². The second-order valence-corrected chi connectivity index (χ2v) is 7.45. The molecular formula is C23H17FN8O. The predicted octanol–water partition coefficient (Wildman–Crippen LogP) is 6.20. The molecule has 1 atom stereocenters. The Kier molecular flexibility index (Phi) is 5.31. The van der Waals surface area contributed by atoms with Gasteiger partial charge in [0.05, 0.1) is 17.1 Å². The van der Waals surface area contributed by atoms with E-state index < -0.39 is 18.0 Å². The third-order valence-electron chi connectivity index (χ3n) is 5.16. The van der Waals surface area contributed by atoms with E-state index in [9.17, 15) is 9.18 Å². The van der Waals surface area contributed by atoms with Crippen molar-refractivity contribution >= 4 is 23.0 Å². The standard InChI is InChI=1S/C23H17FN8O/c1-14-21(23(33)32(29-14)20-10-4-8-18(24)13-20)26-25-19-9-3-6-16(12-19)15-5-2-7-17(11-15)22-27-30-31-28-22/h2-13,21-22H,1H3. The molecule has 0 aromatic heterocycles. The second-order valence-electron chi connectivity index (χ2n) is 7.45. The van der Waals surface area contributed by atoms with Crippen LogP contribution in [0.3, 0.4) is 0 Å². The number of halogens is 1. The summed E-state index contributed by atoms with van der Waals surface area (Å²) >= 11 is 0. The average molecular weight is 440 g/mol. The lowest BCUT2D eigenvalue weighted by molar-refractivity contribution is -0.117. The van der Waals surface area contributed by atoms with E-state index in [4.69, 9.17) is 0 Å². The Morgan fingerprint density at radius 2 is 1.64 bits per heavy atom. The van der Waals surface area contributed by atoms with Crippen molar-refractivity contribution in [2.45, 2.75) is 19.1 Å². The molecule has 0 N–H and O–H groups in total. The van der Waals surface area contributed by atoms with Gasteiger partial charge in [-0.3, -0.25) is 4.79 Å². The van der Waals surface area contributed by atoms with E-state index in [0.29, 0.717) is 17.1 Å². The lowest BCUT2D eigenvalue weighted by Crippen LogP contribution is -2.29. The molecule has 2 aliphatic heterocycles. The summed E-state index contributed by atoms with van der Waals surface area (Å²) < 4.78 is 13.6. The van der Waals surface area contributed by atoms with E-state index in [2.05, 4.69) is 36.0 Å². The van der Waals surface area contributed by atoms with Gasteiger partial charge in [-0.05, 0) is 64.9 Å². The Hall–Kier alpha value is -4.47. The summed E-state index contributed by atoms with van der Waals surface area (Å²) in [4.78, 5) is 12.8. The Morgan fingerprint density at radius 3 is 2.42 bits per heavy atom. The van der Waals surface area contributed by atoms with Gasteiger partial charge in [-0.25, -0.2) is 4.39 Å². The van der Waals surface area contributed by atoms with Crippen LogP contribution in [0.15, 0.2) is 109 Å². The van der Waals surface area contributed by atoms with E-state index in [1.54, 1.807) is 19.1 Å². The molecular weight excluding hydrogens is 423 g/mol. The van der Waals surface area contributed by atoms with Crippen LogP contribution in [0.4, 0.5) is 15.8 Å². The number of carbonyl (C=O) groups is 1. The normalized spacial score (nSPS) is 18.0. The molecule has 0 saturated carbocycles. The fourth-order valence-corrected chi connectivity index (χ4v) is 3.53. The minimum absolute atomic E-state index is 0.347. The maximum atomic E-state index is 13.6. The predicted molar refractivity (Wildman–Crippen MR) is 120 cm³/mol. The fraction of sp³-hybridized carbons (Fsp3) is 0.130. The molecule has 0 aliphatic carbocycles. The Balaban J connectivity index is 1.36. The average Bonchev–Trinajstić information content (AvgIpc) is 3.47. The lowest BCUT2D eigenvalue weighted by atomic mass is 10.0. The molecule has 0 fully saturated rings. The first-order chi connectivity index (χ1) is 16.1. The largest absolute Gasteiger partial charge is 0.280 e. The van der Waals surface area contributed by atoms with Gasteiger partial charge in [-0.1, -0.05) is 36.4 Å². The van der Waals surface area contributed by atoms with Crippen molar-refractivity contribution < 1.29 is 9.18 Å². The van der Waals surface area contributed by atoms with E-state index in [1.165, 1.54) is 18.2 Å². The number of carbonyl (C=O) groups excluding carboxylic acids is 1. The van der Waals surface area contributed by atoms with E-state index in [1.807, 2.05) is 42.5 Å². The van der Waals surface area contributed by atoms with Crippen LogP contribution in [0.25, 0.3) is 11.1 Å². The van der Waals surface area contributed by atoms with Crippen LogP contribution in [0.5, 0.6) is 0 Å². The van der Waals surface area contributed by atoms with Gasteiger partial charge in [0.15, 0.2) is 6.04 Å². The van der Waals surface area contributed by atoms with E-state index >= 15 is 0 Å². The number of amides is 1. The molecule has 0 saturated heterocycles. The molecule has 0 spiro atoms. The Bertz CT molecular complexity index is 1340. The van der Waals surface area contributed by atoms with Crippen LogP contribution < -0.4 is 5.01 Å². The van der Waals surface area contributed by atoms with Gasteiger partial charge in [-0.2, -0.15) is 20.3 Å². The SMILES string of the molecule is CC1=NN(c2cccc(F)c2)C(=O)C1N=Nc1cccc(-c2cccc(C3N=NN=N3)c2)c1. The highest BCUT2D eigenvalue weighted by Crippen LogP contribution is 2.30. The van der Waals surface area contributed by atoms with Crippen molar-refractivity contribution in [1.29, 1.82) is 0 Å². The molecule has 2 heterocycles. The second kappa shape index (κ2) is 8.58. The van der Waals surface area contributed by atoms with Crippen molar-refractivity contribution in [2.24, 2.45) is 36.0 Å². The fourth-order valence-electron chi connectivity index (χ4n) is 3.53. The Labute approximate surface area is 188 Å². The summed E-state index contributed by atoms with van der Waals surface area (Å²) in [5.74, 6) is -0.830. The number of nitrogens with zero attached hydrogens (tertiary/aromatic N) is 8. The molecule has 10 heteroatoms. The minimum atomic E-state index is -0.863. The van der Waals surface area contributed by atoms with Crippen LogP contribution in [0.1, 0.15) is 18.7 Å². The molecule has 162 valence electrons. The number of hydrazone groups is 1. The van der Waals surface area contributed by atoms with Gasteiger partial charge in [0, 0.05) is 5.56 Å². The molecule has 0 radical (unpaired) electrons. The molecule has 2 aliphatic rings. The van der Waals surface area contributed by atoms with Crippen LogP contribution in [-0.4, -0.2) is 17.7 Å². The third kappa shape index (κ3) is 4.18. The summed E-state index contributed by atoms with van der Waals surface area (Å²) in [5.41, 5.74) is 4.17. The van der Waals surface area contributed by atoms with Crippen molar-refractivity contribution in [3.05, 3.63) is 84.2 Å². The molecule has 33 heavy (non-hydrogen) atoms. The van der Waals surface area contributed by atoms with Crippen LogP contribution in [-0.2, 0) is 4.79 Å². The Morgan fingerprint density at radius 1 is 0.909 bits per heavy atom. The zero-order valence-electron chi connectivity index (χ0n) is 17.4. The maximum Gasteiger partial charge on any atom is 0.280 e. The number of hydrogen-bond donors (Lipinski definition) is 0.